The van der Waals surface area contributed by atoms with Crippen LogP contribution in [-0.2, 0) is 6.42 Å². The summed E-state index contributed by atoms with van der Waals surface area (Å²) in [6.45, 7) is 12.9. The number of benzene rings is 1. The summed E-state index contributed by atoms with van der Waals surface area (Å²) in [7, 11) is 0. The van der Waals surface area contributed by atoms with E-state index in [1.54, 1.807) is 0 Å². The zero-order valence-electron chi connectivity index (χ0n) is 13.9. The number of nitrogens with one attached hydrogen (secondary N) is 1. The Kier molecular flexibility index (Phi) is 4.90. The monoisotopic (exact) mass is 273 g/mol. The molecular weight excluding hydrogens is 242 g/mol. The lowest BCUT2D eigenvalue weighted by atomic mass is 9.48. The van der Waals surface area contributed by atoms with Gasteiger partial charge >= 0.3 is 0 Å². The van der Waals surface area contributed by atoms with Gasteiger partial charge in [-0.15, -0.1) is 0 Å². The Morgan fingerprint density at radius 1 is 1.10 bits per heavy atom. The molecule has 0 heterocycles. The van der Waals surface area contributed by atoms with E-state index in [2.05, 4.69) is 64.2 Å². The second-order valence-electron chi connectivity index (χ2n) is 6.72. The van der Waals surface area contributed by atoms with E-state index in [0.717, 1.165) is 18.9 Å². The Bertz CT molecular complexity index is 422. The van der Waals surface area contributed by atoms with Crippen LogP contribution >= 0.6 is 0 Å². The van der Waals surface area contributed by atoms with Crippen LogP contribution in [0.15, 0.2) is 24.3 Å². The predicted molar refractivity (Wildman–Crippen MR) is 88.2 cm³/mol. The van der Waals surface area contributed by atoms with Crippen LogP contribution in [0, 0.1) is 11.3 Å². The molecule has 1 N–H and O–H groups in total. The van der Waals surface area contributed by atoms with Crippen molar-refractivity contribution in [1.82, 2.24) is 5.32 Å². The van der Waals surface area contributed by atoms with Crippen molar-refractivity contribution in [3.8, 4) is 0 Å². The molecule has 1 saturated carbocycles. The smallest absolute Gasteiger partial charge is 0.0158 e. The molecule has 1 aromatic carbocycles. The third-order valence-electron chi connectivity index (χ3n) is 5.60. The van der Waals surface area contributed by atoms with Crippen LogP contribution in [0.5, 0.6) is 0 Å². The van der Waals surface area contributed by atoms with Crippen molar-refractivity contribution in [2.75, 3.05) is 6.54 Å². The van der Waals surface area contributed by atoms with Gasteiger partial charge in [-0.05, 0) is 54.2 Å². The van der Waals surface area contributed by atoms with Gasteiger partial charge in [0.05, 0.1) is 0 Å². The Labute approximate surface area is 125 Å². The van der Waals surface area contributed by atoms with Gasteiger partial charge in [0.2, 0.25) is 0 Å². The summed E-state index contributed by atoms with van der Waals surface area (Å²) in [5.41, 5.74) is 3.38. The standard InChI is InChI=1S/C19H31N/c1-6-13-20-18-14(4)17(19(18,5)8-3)16-11-9-15(7-2)10-12-16/h9-12,14,17-18,20H,6-8,13H2,1-5H3. The first-order chi connectivity index (χ1) is 9.58. The van der Waals surface area contributed by atoms with Gasteiger partial charge in [0, 0.05) is 6.04 Å². The molecule has 0 spiro atoms. The Morgan fingerprint density at radius 3 is 2.25 bits per heavy atom. The first kappa shape index (κ1) is 15.6. The lowest BCUT2D eigenvalue weighted by Gasteiger charge is -2.60. The van der Waals surface area contributed by atoms with Crippen molar-refractivity contribution in [2.45, 2.75) is 65.8 Å². The third-order valence-corrected chi connectivity index (χ3v) is 5.60. The van der Waals surface area contributed by atoms with E-state index in [1.165, 1.54) is 24.0 Å². The molecule has 0 saturated heterocycles. The lowest BCUT2D eigenvalue weighted by Crippen LogP contribution is -2.62. The molecule has 1 heteroatoms. The third kappa shape index (κ3) is 2.53. The number of hydrogen-bond acceptors (Lipinski definition) is 1. The minimum Gasteiger partial charge on any atom is -0.313 e. The highest BCUT2D eigenvalue weighted by Gasteiger charge is 2.55. The predicted octanol–water partition coefficient (Wildman–Crippen LogP) is 4.77. The van der Waals surface area contributed by atoms with Crippen LogP contribution in [0.2, 0.25) is 0 Å². The molecule has 0 bridgehead atoms. The number of aryl methyl sites for hydroxylation is 1. The van der Waals surface area contributed by atoms with Crippen LogP contribution in [0.3, 0.4) is 0 Å². The molecule has 1 aliphatic rings. The topological polar surface area (TPSA) is 12.0 Å². The Hall–Kier alpha value is -0.820. The fraction of sp³-hybridized carbons (Fsp3) is 0.684. The van der Waals surface area contributed by atoms with Gasteiger partial charge in [-0.2, -0.15) is 0 Å². The molecule has 0 amide bonds. The fourth-order valence-corrected chi connectivity index (χ4v) is 4.27. The number of hydrogen-bond donors (Lipinski definition) is 1. The van der Waals surface area contributed by atoms with Crippen molar-refractivity contribution in [3.63, 3.8) is 0 Å². The van der Waals surface area contributed by atoms with Crippen molar-refractivity contribution >= 4 is 0 Å². The zero-order valence-corrected chi connectivity index (χ0v) is 13.9. The van der Waals surface area contributed by atoms with E-state index in [-0.39, 0.29) is 0 Å². The zero-order chi connectivity index (χ0) is 14.8. The molecule has 0 radical (unpaired) electrons. The molecule has 20 heavy (non-hydrogen) atoms. The Balaban J connectivity index is 2.18. The maximum absolute atomic E-state index is 3.78. The Morgan fingerprint density at radius 2 is 1.75 bits per heavy atom. The molecule has 4 atom stereocenters. The molecule has 1 aromatic rings. The van der Waals surface area contributed by atoms with E-state index in [0.29, 0.717) is 17.4 Å². The summed E-state index contributed by atoms with van der Waals surface area (Å²) in [5.74, 6) is 1.44. The quantitative estimate of drug-likeness (QED) is 0.787. The minimum absolute atomic E-state index is 0.405. The highest BCUT2D eigenvalue weighted by molar-refractivity contribution is 5.32. The second-order valence-corrected chi connectivity index (χ2v) is 6.72. The van der Waals surface area contributed by atoms with Crippen molar-refractivity contribution in [2.24, 2.45) is 11.3 Å². The maximum Gasteiger partial charge on any atom is 0.0158 e. The van der Waals surface area contributed by atoms with Crippen molar-refractivity contribution < 1.29 is 0 Å². The van der Waals surface area contributed by atoms with Crippen molar-refractivity contribution in [3.05, 3.63) is 35.4 Å². The SMILES string of the molecule is CCCNC1C(C)C(c2ccc(CC)cc2)C1(C)CC. The van der Waals surface area contributed by atoms with Crippen LogP contribution in [0.1, 0.15) is 64.5 Å². The molecule has 1 nitrogen and oxygen atoms in total. The number of rotatable bonds is 6. The highest BCUT2D eigenvalue weighted by Crippen LogP contribution is 2.58. The van der Waals surface area contributed by atoms with Gasteiger partial charge in [-0.25, -0.2) is 0 Å². The van der Waals surface area contributed by atoms with Crippen LogP contribution < -0.4 is 5.32 Å². The summed E-state index contributed by atoms with van der Waals surface area (Å²) in [4.78, 5) is 0. The summed E-state index contributed by atoms with van der Waals surface area (Å²) in [6, 6.07) is 10.0. The van der Waals surface area contributed by atoms with E-state index in [9.17, 15) is 0 Å². The van der Waals surface area contributed by atoms with E-state index in [4.69, 9.17) is 0 Å². The van der Waals surface area contributed by atoms with Crippen molar-refractivity contribution in [1.29, 1.82) is 0 Å². The van der Waals surface area contributed by atoms with Crippen LogP contribution in [0.25, 0.3) is 0 Å². The molecule has 4 unspecified atom stereocenters. The minimum atomic E-state index is 0.405. The molecule has 1 fully saturated rings. The summed E-state index contributed by atoms with van der Waals surface area (Å²) < 4.78 is 0. The van der Waals surface area contributed by atoms with Gasteiger partial charge in [-0.3, -0.25) is 0 Å². The van der Waals surface area contributed by atoms with Gasteiger partial charge in [0.1, 0.15) is 0 Å². The largest absolute Gasteiger partial charge is 0.313 e. The molecule has 1 aliphatic carbocycles. The van der Waals surface area contributed by atoms with Crippen LogP contribution in [-0.4, -0.2) is 12.6 Å². The van der Waals surface area contributed by atoms with Gasteiger partial charge < -0.3 is 5.32 Å². The highest BCUT2D eigenvalue weighted by atomic mass is 15.0. The van der Waals surface area contributed by atoms with E-state index >= 15 is 0 Å². The average Bonchev–Trinajstić information content (AvgIpc) is 2.48. The van der Waals surface area contributed by atoms with Gasteiger partial charge in [-0.1, -0.05) is 58.9 Å². The lowest BCUT2D eigenvalue weighted by molar-refractivity contribution is -0.0195. The van der Waals surface area contributed by atoms with Gasteiger partial charge in [0.15, 0.2) is 0 Å². The second kappa shape index (κ2) is 6.30. The fourth-order valence-electron chi connectivity index (χ4n) is 4.27. The summed E-state index contributed by atoms with van der Waals surface area (Å²) in [5, 5.41) is 3.78. The first-order valence-electron chi connectivity index (χ1n) is 8.40. The maximum atomic E-state index is 3.78. The molecule has 0 aliphatic heterocycles. The molecule has 0 aromatic heterocycles. The molecule has 2 rings (SSSR count). The summed E-state index contributed by atoms with van der Waals surface area (Å²) >= 11 is 0. The van der Waals surface area contributed by atoms with E-state index in [1.807, 2.05) is 0 Å². The van der Waals surface area contributed by atoms with Crippen LogP contribution in [0.4, 0.5) is 0 Å². The average molecular weight is 273 g/mol. The van der Waals surface area contributed by atoms with Gasteiger partial charge in [0.25, 0.3) is 0 Å². The first-order valence-corrected chi connectivity index (χ1v) is 8.40. The summed E-state index contributed by atoms with van der Waals surface area (Å²) in [6.07, 6.45) is 3.60. The normalized spacial score (nSPS) is 33.0. The van der Waals surface area contributed by atoms with E-state index < -0.39 is 0 Å². The molecular formula is C19H31N. The molecule has 112 valence electrons.